The van der Waals surface area contributed by atoms with Crippen molar-refractivity contribution in [3.05, 3.63) is 59.9 Å². The van der Waals surface area contributed by atoms with E-state index in [2.05, 4.69) is 4.72 Å². The predicted molar refractivity (Wildman–Crippen MR) is 98.0 cm³/mol. The minimum absolute atomic E-state index is 0.0267. The third-order valence-electron chi connectivity index (χ3n) is 4.57. The molecule has 1 N–H and O–H groups in total. The van der Waals surface area contributed by atoms with E-state index in [1.165, 1.54) is 12.1 Å². The van der Waals surface area contributed by atoms with E-state index in [9.17, 15) is 17.6 Å². The number of nitrogens with one attached hydrogen (secondary N) is 1. The molecule has 0 aliphatic carbocycles. The Morgan fingerprint density at radius 3 is 2.35 bits per heavy atom. The van der Waals surface area contributed by atoms with Gasteiger partial charge in [-0.1, -0.05) is 0 Å². The first-order chi connectivity index (χ1) is 12.4. The van der Waals surface area contributed by atoms with E-state index in [0.29, 0.717) is 11.3 Å². The fourth-order valence-corrected chi connectivity index (χ4v) is 4.13. The Morgan fingerprint density at radius 1 is 1.08 bits per heavy atom. The molecule has 5 nitrogen and oxygen atoms in total. The van der Waals surface area contributed by atoms with E-state index in [4.69, 9.17) is 0 Å². The molecule has 0 aromatic heterocycles. The van der Waals surface area contributed by atoms with Crippen molar-refractivity contribution in [1.29, 1.82) is 0 Å². The Bertz CT molecular complexity index is 880. The fourth-order valence-electron chi connectivity index (χ4n) is 3.07. The van der Waals surface area contributed by atoms with Crippen LogP contribution in [-0.4, -0.2) is 31.8 Å². The molecule has 1 unspecified atom stereocenters. The van der Waals surface area contributed by atoms with E-state index in [0.717, 1.165) is 37.9 Å². The van der Waals surface area contributed by atoms with Crippen molar-refractivity contribution in [1.82, 2.24) is 4.90 Å². The monoisotopic (exact) mass is 376 g/mol. The molecule has 2 aromatic carbocycles. The average molecular weight is 376 g/mol. The van der Waals surface area contributed by atoms with Crippen molar-refractivity contribution in [3.8, 4) is 0 Å². The molecule has 1 fully saturated rings. The number of sulfonamides is 1. The van der Waals surface area contributed by atoms with Gasteiger partial charge in [-0.3, -0.25) is 9.52 Å². The normalized spacial score (nSPS) is 17.8. The lowest BCUT2D eigenvalue weighted by atomic mass is 10.0. The highest BCUT2D eigenvalue weighted by molar-refractivity contribution is 7.92. The lowest BCUT2D eigenvalue weighted by Gasteiger charge is -2.33. The standard InChI is InChI=1S/C19H21FN2O3S/c1-14-4-2-3-13-22(14)19(23)15-5-9-17(10-6-15)21-26(24,25)18-11-7-16(20)8-12-18/h5-12,14,21H,2-4,13H2,1H3. The van der Waals surface area contributed by atoms with Crippen molar-refractivity contribution >= 4 is 21.6 Å². The van der Waals surface area contributed by atoms with E-state index >= 15 is 0 Å². The summed E-state index contributed by atoms with van der Waals surface area (Å²) in [6, 6.07) is 11.2. The van der Waals surface area contributed by atoms with Crippen molar-refractivity contribution in [2.45, 2.75) is 37.1 Å². The van der Waals surface area contributed by atoms with Gasteiger partial charge in [-0.25, -0.2) is 12.8 Å². The number of rotatable bonds is 4. The molecule has 1 aliphatic heterocycles. The van der Waals surface area contributed by atoms with Crippen LogP contribution in [0, 0.1) is 5.82 Å². The van der Waals surface area contributed by atoms with Crippen LogP contribution in [0.4, 0.5) is 10.1 Å². The number of hydrogen-bond acceptors (Lipinski definition) is 3. The first kappa shape index (κ1) is 18.4. The van der Waals surface area contributed by atoms with Gasteiger partial charge in [0, 0.05) is 23.8 Å². The number of nitrogens with zero attached hydrogens (tertiary/aromatic N) is 1. The summed E-state index contributed by atoms with van der Waals surface area (Å²) in [5.74, 6) is -0.538. The molecule has 0 bridgehead atoms. The lowest BCUT2D eigenvalue weighted by Crippen LogP contribution is -2.42. The summed E-state index contributed by atoms with van der Waals surface area (Å²) >= 11 is 0. The molecule has 2 aromatic rings. The van der Waals surface area contributed by atoms with Gasteiger partial charge in [0.1, 0.15) is 5.82 Å². The highest BCUT2D eigenvalue weighted by Gasteiger charge is 2.24. The van der Waals surface area contributed by atoms with Crippen LogP contribution in [0.2, 0.25) is 0 Å². The minimum atomic E-state index is -3.80. The van der Waals surface area contributed by atoms with Gasteiger partial charge in [0.05, 0.1) is 4.90 Å². The Hall–Kier alpha value is -2.41. The number of benzene rings is 2. The molecule has 1 heterocycles. The second-order valence-corrected chi connectivity index (χ2v) is 8.16. The molecule has 0 saturated carbocycles. The highest BCUT2D eigenvalue weighted by atomic mass is 32.2. The molecule has 7 heteroatoms. The smallest absolute Gasteiger partial charge is 0.261 e. The lowest BCUT2D eigenvalue weighted by molar-refractivity contribution is 0.0635. The third kappa shape index (κ3) is 4.04. The van der Waals surface area contributed by atoms with Crippen molar-refractivity contribution in [3.63, 3.8) is 0 Å². The molecule has 1 amide bonds. The summed E-state index contributed by atoms with van der Waals surface area (Å²) in [6.07, 6.45) is 3.14. The second kappa shape index (κ2) is 7.45. The molecule has 138 valence electrons. The van der Waals surface area contributed by atoms with Gasteiger partial charge in [0.25, 0.3) is 15.9 Å². The summed E-state index contributed by atoms with van der Waals surface area (Å²) in [7, 11) is -3.80. The topological polar surface area (TPSA) is 66.5 Å². The second-order valence-electron chi connectivity index (χ2n) is 6.48. The molecule has 1 aliphatic rings. The number of anilines is 1. The largest absolute Gasteiger partial charge is 0.336 e. The van der Waals surface area contributed by atoms with E-state index in [1.807, 2.05) is 11.8 Å². The van der Waals surface area contributed by atoms with Crippen LogP contribution >= 0.6 is 0 Å². The Balaban J connectivity index is 1.73. The van der Waals surface area contributed by atoms with Crippen molar-refractivity contribution in [2.24, 2.45) is 0 Å². The fraction of sp³-hybridized carbons (Fsp3) is 0.316. The summed E-state index contributed by atoms with van der Waals surface area (Å²) in [5, 5.41) is 0. The van der Waals surface area contributed by atoms with Gasteiger partial charge < -0.3 is 4.90 Å². The van der Waals surface area contributed by atoms with Crippen LogP contribution in [-0.2, 0) is 10.0 Å². The van der Waals surface area contributed by atoms with Gasteiger partial charge >= 0.3 is 0 Å². The Labute approximate surface area is 152 Å². The molecule has 0 radical (unpaired) electrons. The number of carbonyl (C=O) groups is 1. The van der Waals surface area contributed by atoms with Gasteiger partial charge in [-0.2, -0.15) is 0 Å². The molecule has 1 atom stereocenters. The van der Waals surface area contributed by atoms with Crippen LogP contribution in [0.1, 0.15) is 36.5 Å². The maximum absolute atomic E-state index is 13.0. The summed E-state index contributed by atoms with van der Waals surface area (Å²) in [4.78, 5) is 14.4. The quantitative estimate of drug-likeness (QED) is 0.886. The van der Waals surface area contributed by atoms with Gasteiger partial charge in [-0.15, -0.1) is 0 Å². The number of piperidine rings is 1. The molecule has 3 rings (SSSR count). The number of amides is 1. The number of carbonyl (C=O) groups excluding carboxylic acids is 1. The zero-order valence-corrected chi connectivity index (χ0v) is 15.3. The van der Waals surface area contributed by atoms with E-state index < -0.39 is 15.8 Å². The third-order valence-corrected chi connectivity index (χ3v) is 5.97. The SMILES string of the molecule is CC1CCCCN1C(=O)c1ccc(NS(=O)(=O)c2ccc(F)cc2)cc1. The maximum Gasteiger partial charge on any atom is 0.261 e. The van der Waals surface area contributed by atoms with Crippen LogP contribution in [0.15, 0.2) is 53.4 Å². The molecular weight excluding hydrogens is 355 g/mol. The van der Waals surface area contributed by atoms with Crippen LogP contribution in [0.3, 0.4) is 0 Å². The van der Waals surface area contributed by atoms with Gasteiger partial charge in [-0.05, 0) is 74.7 Å². The molecule has 0 spiro atoms. The minimum Gasteiger partial charge on any atom is -0.336 e. The molecular formula is C19H21FN2O3S. The number of halogens is 1. The maximum atomic E-state index is 13.0. The van der Waals surface area contributed by atoms with Crippen molar-refractivity contribution in [2.75, 3.05) is 11.3 Å². The summed E-state index contributed by atoms with van der Waals surface area (Å²) in [6.45, 7) is 2.79. The first-order valence-corrected chi connectivity index (χ1v) is 10.0. The van der Waals surface area contributed by atoms with Gasteiger partial charge in [0.2, 0.25) is 0 Å². The molecule has 1 saturated heterocycles. The number of hydrogen-bond donors (Lipinski definition) is 1. The molecule has 26 heavy (non-hydrogen) atoms. The van der Waals surface area contributed by atoms with Gasteiger partial charge in [0.15, 0.2) is 0 Å². The average Bonchev–Trinajstić information content (AvgIpc) is 2.62. The first-order valence-electron chi connectivity index (χ1n) is 8.56. The summed E-state index contributed by atoms with van der Waals surface area (Å²) in [5.41, 5.74) is 0.876. The van der Waals surface area contributed by atoms with Crippen LogP contribution in [0.25, 0.3) is 0 Å². The van der Waals surface area contributed by atoms with E-state index in [-0.39, 0.29) is 16.8 Å². The summed E-state index contributed by atoms with van der Waals surface area (Å²) < 4.78 is 40.0. The van der Waals surface area contributed by atoms with E-state index in [1.54, 1.807) is 24.3 Å². The zero-order chi connectivity index (χ0) is 18.7. The van der Waals surface area contributed by atoms with Crippen molar-refractivity contribution < 1.29 is 17.6 Å². The highest BCUT2D eigenvalue weighted by Crippen LogP contribution is 2.21. The Morgan fingerprint density at radius 2 is 1.73 bits per heavy atom. The Kier molecular flexibility index (Phi) is 5.27. The zero-order valence-electron chi connectivity index (χ0n) is 14.5. The predicted octanol–water partition coefficient (Wildman–Crippen LogP) is 3.64. The van der Waals surface area contributed by atoms with Crippen LogP contribution < -0.4 is 4.72 Å². The van der Waals surface area contributed by atoms with Crippen LogP contribution in [0.5, 0.6) is 0 Å². The number of likely N-dealkylation sites (tertiary alicyclic amines) is 1.